The molecule has 0 atom stereocenters. The van der Waals surface area contributed by atoms with Crippen LogP contribution in [0.15, 0.2) is 90.5 Å². The predicted octanol–water partition coefficient (Wildman–Crippen LogP) is 4.63. The summed E-state index contributed by atoms with van der Waals surface area (Å²) in [5, 5.41) is 2.60. The lowest BCUT2D eigenvalue weighted by Gasteiger charge is -2.29. The number of para-hydroxylation sites is 1. The third-order valence-electron chi connectivity index (χ3n) is 4.97. The predicted molar refractivity (Wildman–Crippen MR) is 132 cm³/mol. The van der Waals surface area contributed by atoms with Gasteiger partial charge in [-0.25, -0.2) is 0 Å². The van der Waals surface area contributed by atoms with Crippen molar-refractivity contribution >= 4 is 34.8 Å². The molecule has 1 N–H and O–H groups in total. The van der Waals surface area contributed by atoms with E-state index < -0.39 is 11.8 Å². The third-order valence-corrected chi connectivity index (χ3v) is 5.25. The van der Waals surface area contributed by atoms with Gasteiger partial charge in [-0.3, -0.25) is 19.8 Å². The summed E-state index contributed by atoms with van der Waals surface area (Å²) >= 11 is 5.25. The van der Waals surface area contributed by atoms with E-state index in [2.05, 4.69) is 5.32 Å². The Labute approximate surface area is 202 Å². The van der Waals surface area contributed by atoms with Crippen LogP contribution in [0.4, 0.5) is 5.69 Å². The number of methoxy groups -OCH3 is 1. The molecule has 172 valence electrons. The van der Waals surface area contributed by atoms with Crippen LogP contribution in [0.3, 0.4) is 0 Å². The van der Waals surface area contributed by atoms with Gasteiger partial charge in [-0.2, -0.15) is 0 Å². The summed E-state index contributed by atoms with van der Waals surface area (Å²) in [5.41, 5.74) is 0.535. The van der Waals surface area contributed by atoms with E-state index in [9.17, 15) is 9.59 Å². The van der Waals surface area contributed by atoms with Crippen molar-refractivity contribution in [1.82, 2.24) is 5.32 Å². The molecule has 0 radical (unpaired) electrons. The molecule has 3 aromatic rings. The fraction of sp³-hybridized carbons (Fsp3) is 0.115. The highest BCUT2D eigenvalue weighted by atomic mass is 32.1. The molecular formula is C26H22N2O5S. The highest BCUT2D eigenvalue weighted by molar-refractivity contribution is 7.80. The zero-order chi connectivity index (χ0) is 23.9. The van der Waals surface area contributed by atoms with E-state index >= 15 is 0 Å². The second-order valence-electron chi connectivity index (χ2n) is 7.24. The number of hydrogen-bond acceptors (Lipinski definition) is 6. The lowest BCUT2D eigenvalue weighted by atomic mass is 10.1. The second-order valence-corrected chi connectivity index (χ2v) is 7.63. The summed E-state index contributed by atoms with van der Waals surface area (Å²) in [6.45, 7) is 0.298. The largest absolute Gasteiger partial charge is 0.497 e. The summed E-state index contributed by atoms with van der Waals surface area (Å²) in [5.74, 6) is 1.69. The monoisotopic (exact) mass is 474 g/mol. The molecule has 3 aromatic carbocycles. The molecule has 2 amide bonds. The molecule has 1 aliphatic rings. The summed E-state index contributed by atoms with van der Waals surface area (Å²) < 4.78 is 16.6. The van der Waals surface area contributed by atoms with Crippen LogP contribution in [0.2, 0.25) is 0 Å². The molecule has 0 unspecified atom stereocenters. The number of benzene rings is 3. The van der Waals surface area contributed by atoms with E-state index in [1.807, 2.05) is 30.3 Å². The van der Waals surface area contributed by atoms with E-state index in [0.717, 1.165) is 5.75 Å². The summed E-state index contributed by atoms with van der Waals surface area (Å²) in [4.78, 5) is 26.8. The van der Waals surface area contributed by atoms with Crippen molar-refractivity contribution in [3.8, 4) is 23.0 Å². The molecular weight excluding hydrogens is 452 g/mol. The maximum Gasteiger partial charge on any atom is 0.269 e. The van der Waals surface area contributed by atoms with Gasteiger partial charge in [-0.15, -0.1) is 0 Å². The van der Waals surface area contributed by atoms with Gasteiger partial charge in [0.2, 0.25) is 0 Å². The first-order valence-electron chi connectivity index (χ1n) is 10.5. The second kappa shape index (κ2) is 10.6. The Balaban J connectivity index is 1.41. The van der Waals surface area contributed by atoms with E-state index in [1.165, 1.54) is 4.90 Å². The number of carbonyl (C=O) groups excluding carboxylic acids is 2. The van der Waals surface area contributed by atoms with Crippen LogP contribution in [0.1, 0.15) is 6.42 Å². The van der Waals surface area contributed by atoms with Crippen LogP contribution < -0.4 is 24.4 Å². The molecule has 0 spiro atoms. The van der Waals surface area contributed by atoms with Crippen molar-refractivity contribution in [2.45, 2.75) is 6.42 Å². The average molecular weight is 475 g/mol. The van der Waals surface area contributed by atoms with Gasteiger partial charge in [0.1, 0.15) is 28.6 Å². The number of rotatable bonds is 8. The lowest BCUT2D eigenvalue weighted by Crippen LogP contribution is -2.54. The van der Waals surface area contributed by atoms with Crippen molar-refractivity contribution in [2.75, 3.05) is 18.6 Å². The normalized spacial score (nSPS) is 14.7. The Morgan fingerprint density at radius 2 is 1.47 bits per heavy atom. The quantitative estimate of drug-likeness (QED) is 0.222. The number of carbonyl (C=O) groups is 2. The Bertz CT molecular complexity index is 1210. The molecule has 34 heavy (non-hydrogen) atoms. The zero-order valence-corrected chi connectivity index (χ0v) is 19.2. The number of anilines is 1. The molecule has 8 heteroatoms. The standard InChI is InChI=1S/C26H22N2O5S/c1-31-19-13-15-20(16-14-19)32-17-5-8-23-24(29)27-26(34)28(25(23)30)18-9-11-22(12-10-18)33-21-6-3-2-4-7-21/h2-4,6-16H,5,17H2,1H3,(H,27,29,34)/b23-8+. The number of hydrogen-bond donors (Lipinski definition) is 1. The van der Waals surface area contributed by atoms with Crippen molar-refractivity contribution < 1.29 is 23.8 Å². The lowest BCUT2D eigenvalue weighted by molar-refractivity contribution is -0.122. The molecule has 0 bridgehead atoms. The van der Waals surface area contributed by atoms with Gasteiger partial charge in [-0.05, 0) is 72.9 Å². The molecule has 7 nitrogen and oxygen atoms in total. The van der Waals surface area contributed by atoms with E-state index in [4.69, 9.17) is 26.4 Å². The maximum absolute atomic E-state index is 13.1. The van der Waals surface area contributed by atoms with Crippen molar-refractivity contribution in [3.05, 3.63) is 90.5 Å². The Morgan fingerprint density at radius 1 is 0.853 bits per heavy atom. The number of ether oxygens (including phenoxy) is 3. The molecule has 0 aromatic heterocycles. The van der Waals surface area contributed by atoms with Gasteiger partial charge in [0.15, 0.2) is 5.11 Å². The van der Waals surface area contributed by atoms with Crippen LogP contribution in [0.5, 0.6) is 23.0 Å². The molecule has 0 saturated carbocycles. The molecule has 1 heterocycles. The molecule has 0 aliphatic carbocycles. The highest BCUT2D eigenvalue weighted by Gasteiger charge is 2.34. The van der Waals surface area contributed by atoms with Crippen LogP contribution in [0.25, 0.3) is 0 Å². The van der Waals surface area contributed by atoms with Gasteiger partial charge in [0, 0.05) is 6.42 Å². The minimum absolute atomic E-state index is 0.0107. The summed E-state index contributed by atoms with van der Waals surface area (Å²) in [7, 11) is 1.59. The first kappa shape index (κ1) is 23.0. The fourth-order valence-electron chi connectivity index (χ4n) is 3.28. The Hall–Kier alpha value is -4.17. The molecule has 1 saturated heterocycles. The first-order chi connectivity index (χ1) is 16.5. The van der Waals surface area contributed by atoms with E-state index in [1.54, 1.807) is 61.7 Å². The first-order valence-corrected chi connectivity index (χ1v) is 11.0. The Kier molecular flexibility index (Phi) is 7.19. The smallest absolute Gasteiger partial charge is 0.269 e. The van der Waals surface area contributed by atoms with Gasteiger partial charge in [-0.1, -0.05) is 24.3 Å². The summed E-state index contributed by atoms with van der Waals surface area (Å²) in [6, 6.07) is 23.4. The number of thiocarbonyl (C=S) groups is 1. The number of nitrogens with one attached hydrogen (secondary N) is 1. The summed E-state index contributed by atoms with van der Waals surface area (Å²) in [6.07, 6.45) is 1.92. The van der Waals surface area contributed by atoms with Gasteiger partial charge < -0.3 is 14.2 Å². The van der Waals surface area contributed by atoms with Gasteiger partial charge in [0.25, 0.3) is 11.8 Å². The number of nitrogens with zero attached hydrogens (tertiary/aromatic N) is 1. The highest BCUT2D eigenvalue weighted by Crippen LogP contribution is 2.26. The molecule has 1 fully saturated rings. The topological polar surface area (TPSA) is 77.1 Å². The maximum atomic E-state index is 13.1. The van der Waals surface area contributed by atoms with E-state index in [-0.39, 0.29) is 10.7 Å². The van der Waals surface area contributed by atoms with Crippen molar-refractivity contribution in [1.29, 1.82) is 0 Å². The molecule has 1 aliphatic heterocycles. The van der Waals surface area contributed by atoms with Crippen LogP contribution in [0, 0.1) is 0 Å². The van der Waals surface area contributed by atoms with Gasteiger partial charge >= 0.3 is 0 Å². The van der Waals surface area contributed by atoms with Crippen LogP contribution in [-0.2, 0) is 9.59 Å². The van der Waals surface area contributed by atoms with E-state index in [0.29, 0.717) is 36.0 Å². The minimum Gasteiger partial charge on any atom is -0.497 e. The van der Waals surface area contributed by atoms with Crippen LogP contribution >= 0.6 is 12.2 Å². The Morgan fingerprint density at radius 3 is 2.15 bits per heavy atom. The van der Waals surface area contributed by atoms with Crippen molar-refractivity contribution in [2.24, 2.45) is 0 Å². The van der Waals surface area contributed by atoms with Crippen LogP contribution in [-0.4, -0.2) is 30.6 Å². The molecule has 4 rings (SSSR count). The minimum atomic E-state index is -0.528. The SMILES string of the molecule is COc1ccc(OCC/C=C2\C(=O)NC(=S)N(c3ccc(Oc4ccccc4)cc3)C2=O)cc1. The van der Waals surface area contributed by atoms with Gasteiger partial charge in [0.05, 0.1) is 19.4 Å². The third kappa shape index (κ3) is 5.41. The zero-order valence-electron chi connectivity index (χ0n) is 18.4. The fourth-order valence-corrected chi connectivity index (χ4v) is 3.57. The van der Waals surface area contributed by atoms with Crippen molar-refractivity contribution in [3.63, 3.8) is 0 Å². The average Bonchev–Trinajstić information content (AvgIpc) is 2.85. The number of amides is 2.